The van der Waals surface area contributed by atoms with Crippen LogP contribution >= 0.6 is 0 Å². The minimum Gasteiger partial charge on any atom is -0.460 e. The van der Waals surface area contributed by atoms with Crippen molar-refractivity contribution in [2.75, 3.05) is 20.1 Å². The minimum atomic E-state index is -0.378. The topological polar surface area (TPSA) is 41.6 Å². The fraction of sp³-hybridized carbons (Fsp3) is 0.929. The predicted molar refractivity (Wildman–Crippen MR) is 73.6 cm³/mol. The molecule has 0 spiro atoms. The van der Waals surface area contributed by atoms with Crippen molar-refractivity contribution in [3.8, 4) is 0 Å². The summed E-state index contributed by atoms with van der Waals surface area (Å²) in [5, 5.41) is 3.32. The van der Waals surface area contributed by atoms with E-state index in [1.165, 1.54) is 12.8 Å². The third kappa shape index (κ3) is 6.36. The molecule has 4 heteroatoms. The number of nitrogens with one attached hydrogen (secondary N) is 1. The quantitative estimate of drug-likeness (QED) is 0.557. The first-order valence-electron chi connectivity index (χ1n) is 6.94. The average Bonchev–Trinajstić information content (AvgIpc) is 3.04. The number of ether oxygens (including phenoxy) is 1. The number of carbonyl (C=O) groups is 1. The van der Waals surface area contributed by atoms with E-state index in [-0.39, 0.29) is 11.6 Å². The number of rotatable bonds is 7. The molecule has 1 aliphatic carbocycles. The van der Waals surface area contributed by atoms with E-state index in [1.807, 2.05) is 20.8 Å². The van der Waals surface area contributed by atoms with Crippen molar-refractivity contribution in [3.63, 3.8) is 0 Å². The van der Waals surface area contributed by atoms with Crippen molar-refractivity contribution >= 4 is 5.97 Å². The summed E-state index contributed by atoms with van der Waals surface area (Å²) in [4.78, 5) is 13.9. The molecule has 1 atom stereocenters. The van der Waals surface area contributed by atoms with Gasteiger partial charge in [-0.15, -0.1) is 0 Å². The van der Waals surface area contributed by atoms with Crippen LogP contribution in [0.5, 0.6) is 0 Å². The molecule has 1 rings (SSSR count). The molecule has 1 aliphatic rings. The van der Waals surface area contributed by atoms with Gasteiger partial charge in [0.05, 0.1) is 6.42 Å². The number of hydrogen-bond acceptors (Lipinski definition) is 4. The summed E-state index contributed by atoms with van der Waals surface area (Å²) < 4.78 is 5.25. The van der Waals surface area contributed by atoms with Crippen LogP contribution in [0.3, 0.4) is 0 Å². The van der Waals surface area contributed by atoms with Crippen LogP contribution in [0.4, 0.5) is 0 Å². The van der Waals surface area contributed by atoms with Gasteiger partial charge >= 0.3 is 5.97 Å². The second-order valence-electron chi connectivity index (χ2n) is 6.29. The van der Waals surface area contributed by atoms with E-state index in [0.29, 0.717) is 19.0 Å². The van der Waals surface area contributed by atoms with Gasteiger partial charge in [-0.1, -0.05) is 0 Å². The summed E-state index contributed by atoms with van der Waals surface area (Å²) in [6.45, 7) is 9.52. The Morgan fingerprint density at radius 3 is 2.56 bits per heavy atom. The number of likely N-dealkylation sites (N-methyl/N-ethyl adjacent to an activating group) is 1. The maximum absolute atomic E-state index is 11.5. The summed E-state index contributed by atoms with van der Waals surface area (Å²) in [5.74, 6) is -0.127. The lowest BCUT2D eigenvalue weighted by Gasteiger charge is -2.24. The molecule has 0 aromatic rings. The van der Waals surface area contributed by atoms with Crippen LogP contribution in [0, 0.1) is 0 Å². The first kappa shape index (κ1) is 15.4. The van der Waals surface area contributed by atoms with E-state index in [9.17, 15) is 4.79 Å². The zero-order valence-corrected chi connectivity index (χ0v) is 12.5. The zero-order chi connectivity index (χ0) is 13.8. The van der Waals surface area contributed by atoms with Crippen molar-refractivity contribution in [1.82, 2.24) is 10.2 Å². The standard InChI is InChI=1S/C14H28N2O2/c1-11(16(5)12-6-7-12)10-15-9-8-13(17)18-14(2,3)4/h11-12,15H,6-10H2,1-5H3. The van der Waals surface area contributed by atoms with Crippen LogP contribution in [0.2, 0.25) is 0 Å². The monoisotopic (exact) mass is 256 g/mol. The van der Waals surface area contributed by atoms with E-state index >= 15 is 0 Å². The summed E-state index contributed by atoms with van der Waals surface area (Å²) in [6, 6.07) is 1.31. The van der Waals surface area contributed by atoms with Crippen LogP contribution in [0.1, 0.15) is 47.0 Å². The minimum absolute atomic E-state index is 0.127. The van der Waals surface area contributed by atoms with Crippen LogP contribution in [-0.4, -0.2) is 48.7 Å². The molecule has 0 aromatic heterocycles. The number of hydrogen-bond donors (Lipinski definition) is 1. The van der Waals surface area contributed by atoms with Gasteiger partial charge in [0, 0.05) is 25.2 Å². The van der Waals surface area contributed by atoms with Crippen molar-refractivity contribution in [2.24, 2.45) is 0 Å². The molecule has 0 aromatic carbocycles. The van der Waals surface area contributed by atoms with E-state index in [2.05, 4.69) is 24.2 Å². The third-order valence-electron chi connectivity index (χ3n) is 3.18. The molecule has 0 radical (unpaired) electrons. The van der Waals surface area contributed by atoms with Crippen LogP contribution < -0.4 is 5.32 Å². The van der Waals surface area contributed by atoms with Gasteiger partial charge in [-0.3, -0.25) is 9.69 Å². The fourth-order valence-corrected chi connectivity index (χ4v) is 1.88. The molecule has 0 heterocycles. The van der Waals surface area contributed by atoms with Gasteiger partial charge in [0.2, 0.25) is 0 Å². The van der Waals surface area contributed by atoms with E-state index in [0.717, 1.165) is 12.6 Å². The largest absolute Gasteiger partial charge is 0.460 e. The summed E-state index contributed by atoms with van der Waals surface area (Å²) in [7, 11) is 2.18. The molecule has 0 aliphatic heterocycles. The normalized spacial score (nSPS) is 17.9. The van der Waals surface area contributed by atoms with Crippen LogP contribution in [0.15, 0.2) is 0 Å². The lowest BCUT2D eigenvalue weighted by atomic mass is 10.2. The highest BCUT2D eigenvalue weighted by atomic mass is 16.6. The Morgan fingerprint density at radius 1 is 1.44 bits per heavy atom. The van der Waals surface area contributed by atoms with E-state index in [4.69, 9.17) is 4.74 Å². The Labute approximate surface area is 111 Å². The summed E-state index contributed by atoms with van der Waals surface area (Å²) in [6.07, 6.45) is 3.11. The van der Waals surface area contributed by atoms with Gasteiger partial charge in [0.25, 0.3) is 0 Å². The third-order valence-corrected chi connectivity index (χ3v) is 3.18. The van der Waals surface area contributed by atoms with Crippen LogP contribution in [0.25, 0.3) is 0 Å². The lowest BCUT2D eigenvalue weighted by Crippen LogP contribution is -2.39. The number of esters is 1. The first-order chi connectivity index (χ1) is 8.29. The second kappa shape index (κ2) is 6.53. The summed E-state index contributed by atoms with van der Waals surface area (Å²) in [5.41, 5.74) is -0.378. The van der Waals surface area contributed by atoms with Gasteiger partial charge in [-0.05, 0) is 47.6 Å². The Bertz CT molecular complexity index is 269. The maximum atomic E-state index is 11.5. The highest BCUT2D eigenvalue weighted by Crippen LogP contribution is 2.26. The van der Waals surface area contributed by atoms with Gasteiger partial charge < -0.3 is 10.1 Å². The molecular formula is C14H28N2O2. The Kier molecular flexibility index (Phi) is 5.60. The lowest BCUT2D eigenvalue weighted by molar-refractivity contribution is -0.154. The SMILES string of the molecule is CC(CNCCC(=O)OC(C)(C)C)N(C)C1CC1. The predicted octanol–water partition coefficient (Wildman–Crippen LogP) is 1.79. The molecule has 1 saturated carbocycles. The van der Waals surface area contributed by atoms with Crippen LogP contribution in [-0.2, 0) is 9.53 Å². The second-order valence-corrected chi connectivity index (χ2v) is 6.29. The molecular weight excluding hydrogens is 228 g/mol. The van der Waals surface area contributed by atoms with Crippen molar-refractivity contribution in [2.45, 2.75) is 64.6 Å². The first-order valence-corrected chi connectivity index (χ1v) is 6.94. The molecule has 18 heavy (non-hydrogen) atoms. The Balaban J connectivity index is 2.05. The Hall–Kier alpha value is -0.610. The summed E-state index contributed by atoms with van der Waals surface area (Å²) >= 11 is 0. The molecule has 1 N–H and O–H groups in total. The maximum Gasteiger partial charge on any atom is 0.307 e. The van der Waals surface area contributed by atoms with Gasteiger partial charge in [-0.2, -0.15) is 0 Å². The molecule has 0 saturated heterocycles. The van der Waals surface area contributed by atoms with E-state index in [1.54, 1.807) is 0 Å². The number of nitrogens with zero attached hydrogens (tertiary/aromatic N) is 1. The van der Waals surface area contributed by atoms with Gasteiger partial charge in [0.1, 0.15) is 5.60 Å². The van der Waals surface area contributed by atoms with Crippen molar-refractivity contribution < 1.29 is 9.53 Å². The smallest absolute Gasteiger partial charge is 0.307 e. The highest BCUT2D eigenvalue weighted by Gasteiger charge is 2.28. The van der Waals surface area contributed by atoms with Crippen molar-refractivity contribution in [1.29, 1.82) is 0 Å². The van der Waals surface area contributed by atoms with Gasteiger partial charge in [-0.25, -0.2) is 0 Å². The van der Waals surface area contributed by atoms with E-state index < -0.39 is 0 Å². The van der Waals surface area contributed by atoms with Crippen molar-refractivity contribution in [3.05, 3.63) is 0 Å². The van der Waals surface area contributed by atoms with Gasteiger partial charge in [0.15, 0.2) is 0 Å². The fourth-order valence-electron chi connectivity index (χ4n) is 1.88. The molecule has 0 amide bonds. The molecule has 4 nitrogen and oxygen atoms in total. The highest BCUT2D eigenvalue weighted by molar-refractivity contribution is 5.70. The zero-order valence-electron chi connectivity index (χ0n) is 12.5. The number of carbonyl (C=O) groups excluding carboxylic acids is 1. The average molecular weight is 256 g/mol. The Morgan fingerprint density at radius 2 is 2.06 bits per heavy atom. The molecule has 0 bridgehead atoms. The molecule has 1 fully saturated rings. The molecule has 1 unspecified atom stereocenters. The molecule has 106 valence electrons.